The minimum atomic E-state index is -1.11. The monoisotopic (exact) mass is 754 g/mol. The molecule has 53 heavy (non-hydrogen) atoms. The minimum absolute atomic E-state index is 0.0197. The van der Waals surface area contributed by atoms with E-state index in [-0.39, 0.29) is 53.7 Å². The van der Waals surface area contributed by atoms with Crippen molar-refractivity contribution in [3.63, 3.8) is 0 Å². The maximum atomic E-state index is 14.1. The number of aromatic nitrogens is 1. The number of amides is 6. The summed E-state index contributed by atoms with van der Waals surface area (Å²) in [5.41, 5.74) is 1.65. The third-order valence-corrected chi connectivity index (χ3v) is 11.1. The zero-order valence-electron chi connectivity index (χ0n) is 32.3. The topological polar surface area (TPSA) is 202 Å². The molecule has 2 bridgehead atoms. The van der Waals surface area contributed by atoms with Crippen LogP contribution >= 0.6 is 11.8 Å². The first-order chi connectivity index (χ1) is 25.0. The molecular weight excluding hydrogens is 697 g/mol. The Morgan fingerprint density at radius 1 is 0.660 bits per heavy atom. The standard InChI is InChI=1S/C38H58N8O6S/c1-18(2)14-26-34(49)44-29(19(3)4)36(51)45-30(20(5)6)37(52)46-31(21(7)8)38-43-28(17-53-38)35(50)40-22(9)32(47)41-27(33(48)42-26)15-23-16-39-25-13-11-10-12-24(23)25/h10-13,16,18-22,26-31,38-39,43H,14-15,17H2,1-9H3,(H,40,50)(H,41,47)(H,42,48)(H,44,49)(H,45,51)(H,46,52). The van der Waals surface area contributed by atoms with Gasteiger partial charge in [0.15, 0.2) is 0 Å². The molecule has 15 heteroatoms. The number of H-pyrrole nitrogens is 1. The molecule has 8 N–H and O–H groups in total. The summed E-state index contributed by atoms with van der Waals surface area (Å²) in [5.74, 6) is -3.28. The maximum Gasteiger partial charge on any atom is 0.243 e. The summed E-state index contributed by atoms with van der Waals surface area (Å²) >= 11 is 1.49. The maximum absolute atomic E-state index is 14.1. The van der Waals surface area contributed by atoms with Crippen molar-refractivity contribution in [1.82, 2.24) is 42.2 Å². The van der Waals surface area contributed by atoms with E-state index in [0.29, 0.717) is 5.75 Å². The Labute approximate surface area is 316 Å². The fraction of sp³-hybridized carbons (Fsp3) is 0.632. The summed E-state index contributed by atoms with van der Waals surface area (Å²) in [7, 11) is 0. The van der Waals surface area contributed by atoms with Gasteiger partial charge in [0.25, 0.3) is 0 Å². The highest BCUT2D eigenvalue weighted by atomic mass is 32.2. The van der Waals surface area contributed by atoms with Gasteiger partial charge < -0.3 is 36.9 Å². The second-order valence-corrected chi connectivity index (χ2v) is 16.9. The van der Waals surface area contributed by atoms with Gasteiger partial charge in [-0.2, -0.15) is 0 Å². The van der Waals surface area contributed by atoms with Crippen LogP contribution in [-0.4, -0.2) is 93.8 Å². The molecule has 0 radical (unpaired) electrons. The zero-order valence-corrected chi connectivity index (χ0v) is 33.1. The molecule has 2 saturated heterocycles. The van der Waals surface area contributed by atoms with E-state index < -0.39 is 65.9 Å². The first-order valence-corrected chi connectivity index (χ1v) is 19.8. The summed E-state index contributed by atoms with van der Waals surface area (Å²) in [6.45, 7) is 16.6. The van der Waals surface area contributed by atoms with Crippen molar-refractivity contribution in [2.24, 2.45) is 23.7 Å². The number of thioether (sulfide) groups is 1. The van der Waals surface area contributed by atoms with E-state index in [1.165, 1.54) is 11.8 Å². The van der Waals surface area contributed by atoms with Crippen molar-refractivity contribution in [1.29, 1.82) is 0 Å². The Bertz CT molecular complexity index is 1640. The summed E-state index contributed by atoms with van der Waals surface area (Å²) in [4.78, 5) is 86.0. The highest BCUT2D eigenvalue weighted by Crippen LogP contribution is 2.26. The van der Waals surface area contributed by atoms with Gasteiger partial charge in [-0.25, -0.2) is 0 Å². The van der Waals surface area contributed by atoms with E-state index in [1.807, 2.05) is 65.8 Å². The molecule has 14 nitrogen and oxygen atoms in total. The summed E-state index contributed by atoms with van der Waals surface area (Å²) in [5, 5.41) is 21.2. The molecule has 3 heterocycles. The van der Waals surface area contributed by atoms with Crippen molar-refractivity contribution in [3.8, 4) is 0 Å². The van der Waals surface area contributed by atoms with E-state index in [0.717, 1.165) is 16.5 Å². The van der Waals surface area contributed by atoms with Crippen LogP contribution in [0.3, 0.4) is 0 Å². The lowest BCUT2D eigenvalue weighted by Gasteiger charge is -2.32. The van der Waals surface area contributed by atoms with Crippen LogP contribution in [0.4, 0.5) is 0 Å². The smallest absolute Gasteiger partial charge is 0.243 e. The Morgan fingerprint density at radius 2 is 1.25 bits per heavy atom. The van der Waals surface area contributed by atoms with Gasteiger partial charge in [-0.15, -0.1) is 11.8 Å². The van der Waals surface area contributed by atoms with Gasteiger partial charge in [0.1, 0.15) is 30.2 Å². The summed E-state index contributed by atoms with van der Waals surface area (Å²) in [6.07, 6.45) is 2.14. The number of hydrogen-bond donors (Lipinski definition) is 8. The largest absolute Gasteiger partial charge is 0.361 e. The average Bonchev–Trinajstić information content (AvgIpc) is 3.74. The Hall–Kier alpha value is -4.11. The SMILES string of the molecule is CC(C)CC1NC(=O)C(Cc2c[nH]c3ccccc23)NC(=O)C(C)NC(=O)C2CSC(N2)C(C(C)C)NC(=O)C(C(C)C)NC(=O)C(C(C)C)NC1=O. The second kappa shape index (κ2) is 18.3. The van der Waals surface area contributed by atoms with Crippen molar-refractivity contribution in [3.05, 3.63) is 36.0 Å². The molecule has 0 aliphatic carbocycles. The van der Waals surface area contributed by atoms with E-state index in [1.54, 1.807) is 27.0 Å². The zero-order chi connectivity index (χ0) is 39.1. The quantitative estimate of drug-likeness (QED) is 0.209. The van der Waals surface area contributed by atoms with Crippen LogP contribution in [0, 0.1) is 23.7 Å². The van der Waals surface area contributed by atoms with Crippen LogP contribution < -0.4 is 37.2 Å². The van der Waals surface area contributed by atoms with E-state index in [4.69, 9.17) is 0 Å². The molecule has 0 saturated carbocycles. The normalized spacial score (nSPS) is 28.7. The van der Waals surface area contributed by atoms with Crippen molar-refractivity contribution in [2.75, 3.05) is 5.75 Å². The molecule has 2 aliphatic rings. The Morgan fingerprint density at radius 3 is 1.87 bits per heavy atom. The predicted molar refractivity (Wildman–Crippen MR) is 206 cm³/mol. The molecule has 1 aromatic carbocycles. The second-order valence-electron chi connectivity index (χ2n) is 15.8. The first-order valence-electron chi connectivity index (χ1n) is 18.7. The average molecular weight is 755 g/mol. The van der Waals surface area contributed by atoms with E-state index >= 15 is 0 Å². The van der Waals surface area contributed by atoms with Crippen molar-refractivity contribution < 1.29 is 28.8 Å². The van der Waals surface area contributed by atoms with Gasteiger partial charge >= 0.3 is 0 Å². The van der Waals surface area contributed by atoms with Crippen LogP contribution in [0.25, 0.3) is 10.9 Å². The Kier molecular flexibility index (Phi) is 14.4. The molecule has 2 aliphatic heterocycles. The molecule has 6 amide bonds. The van der Waals surface area contributed by atoms with Crippen LogP contribution in [0.1, 0.15) is 74.3 Å². The molecule has 4 rings (SSSR count). The van der Waals surface area contributed by atoms with Gasteiger partial charge in [-0.1, -0.05) is 73.6 Å². The molecule has 2 fully saturated rings. The van der Waals surface area contributed by atoms with Gasteiger partial charge in [0.2, 0.25) is 35.4 Å². The lowest BCUT2D eigenvalue weighted by molar-refractivity contribution is -0.136. The van der Waals surface area contributed by atoms with Crippen LogP contribution in [0.5, 0.6) is 0 Å². The lowest BCUT2D eigenvalue weighted by Crippen LogP contribution is -2.61. The van der Waals surface area contributed by atoms with Crippen molar-refractivity contribution in [2.45, 2.75) is 123 Å². The molecule has 8 unspecified atom stereocenters. The molecular formula is C38H58N8O6S. The number of nitrogens with one attached hydrogen (secondary N) is 8. The number of para-hydroxylation sites is 1. The number of aromatic amines is 1. The summed E-state index contributed by atoms with van der Waals surface area (Å²) < 4.78 is 0. The third kappa shape index (κ3) is 10.7. The van der Waals surface area contributed by atoms with E-state index in [2.05, 4.69) is 42.2 Å². The molecule has 8 atom stereocenters. The fourth-order valence-corrected chi connectivity index (χ4v) is 8.14. The highest BCUT2D eigenvalue weighted by Gasteiger charge is 2.40. The van der Waals surface area contributed by atoms with Gasteiger partial charge in [-0.05, 0) is 48.6 Å². The van der Waals surface area contributed by atoms with Gasteiger partial charge in [0, 0.05) is 29.3 Å². The fourth-order valence-electron chi connectivity index (χ4n) is 6.65. The Balaban J connectivity index is 1.71. The number of benzene rings is 1. The number of rotatable bonds is 7. The van der Waals surface area contributed by atoms with Crippen LogP contribution in [0.2, 0.25) is 0 Å². The minimum Gasteiger partial charge on any atom is -0.361 e. The number of carbonyl (C=O) groups is 6. The third-order valence-electron chi connectivity index (χ3n) is 9.80. The lowest BCUT2D eigenvalue weighted by atomic mass is 9.97. The highest BCUT2D eigenvalue weighted by molar-refractivity contribution is 8.00. The van der Waals surface area contributed by atoms with E-state index in [9.17, 15) is 28.8 Å². The van der Waals surface area contributed by atoms with Gasteiger partial charge in [0.05, 0.1) is 17.5 Å². The summed E-state index contributed by atoms with van der Waals surface area (Å²) in [6, 6.07) is 1.51. The van der Waals surface area contributed by atoms with Crippen molar-refractivity contribution >= 4 is 58.1 Å². The predicted octanol–water partition coefficient (Wildman–Crippen LogP) is 1.70. The molecule has 0 spiro atoms. The molecule has 292 valence electrons. The number of carbonyl (C=O) groups excluding carboxylic acids is 6. The number of fused-ring (bicyclic) bond motifs is 3. The van der Waals surface area contributed by atoms with Gasteiger partial charge in [-0.3, -0.25) is 34.1 Å². The van der Waals surface area contributed by atoms with Crippen LogP contribution in [0.15, 0.2) is 30.5 Å². The number of hydrogen-bond acceptors (Lipinski definition) is 8. The molecule has 2 aromatic rings. The van der Waals surface area contributed by atoms with Crippen LogP contribution in [-0.2, 0) is 35.2 Å². The first kappa shape index (κ1) is 41.6. The molecule has 1 aromatic heterocycles.